The normalized spacial score (nSPS) is 11.3. The molecule has 0 heterocycles. The summed E-state index contributed by atoms with van der Waals surface area (Å²) in [5.41, 5.74) is 1.85. The van der Waals surface area contributed by atoms with Crippen LogP contribution in [0.4, 0.5) is 5.69 Å². The minimum atomic E-state index is -0.430. The van der Waals surface area contributed by atoms with Crippen molar-refractivity contribution in [2.75, 3.05) is 18.4 Å². The van der Waals surface area contributed by atoms with Gasteiger partial charge in [0.1, 0.15) is 0 Å². The number of rotatable bonds is 7. The SMILES string of the molecule is CC(C)(Cc1ccccc1)C(=O)NCCNc1cccc2ccccc12. The van der Waals surface area contributed by atoms with Gasteiger partial charge in [0, 0.05) is 29.6 Å². The first-order valence-corrected chi connectivity index (χ1v) is 9.10. The Bertz CT molecular complexity index is 866. The Morgan fingerprint density at radius 3 is 2.35 bits per heavy atom. The number of carbonyl (C=O) groups is 1. The second-order valence-corrected chi connectivity index (χ2v) is 7.26. The monoisotopic (exact) mass is 346 g/mol. The maximum atomic E-state index is 12.6. The van der Waals surface area contributed by atoms with Crippen LogP contribution < -0.4 is 10.6 Å². The van der Waals surface area contributed by atoms with Gasteiger partial charge < -0.3 is 10.6 Å². The summed E-state index contributed by atoms with van der Waals surface area (Å²) >= 11 is 0. The summed E-state index contributed by atoms with van der Waals surface area (Å²) in [6, 6.07) is 24.7. The van der Waals surface area contributed by atoms with Gasteiger partial charge in [-0.25, -0.2) is 0 Å². The van der Waals surface area contributed by atoms with Gasteiger partial charge in [-0.3, -0.25) is 4.79 Å². The molecule has 0 atom stereocenters. The quantitative estimate of drug-likeness (QED) is 0.612. The lowest BCUT2D eigenvalue weighted by Crippen LogP contribution is -2.40. The minimum absolute atomic E-state index is 0.0843. The topological polar surface area (TPSA) is 41.1 Å². The number of nitrogens with one attached hydrogen (secondary N) is 2. The lowest BCUT2D eigenvalue weighted by atomic mass is 9.85. The molecule has 3 heteroatoms. The molecule has 0 unspecified atom stereocenters. The van der Waals surface area contributed by atoms with E-state index in [1.54, 1.807) is 0 Å². The molecule has 0 fully saturated rings. The van der Waals surface area contributed by atoms with Crippen LogP contribution in [-0.4, -0.2) is 19.0 Å². The van der Waals surface area contributed by atoms with Gasteiger partial charge in [-0.15, -0.1) is 0 Å². The molecule has 3 nitrogen and oxygen atoms in total. The number of benzene rings is 3. The average Bonchev–Trinajstić information content (AvgIpc) is 2.65. The van der Waals surface area contributed by atoms with Crippen molar-refractivity contribution >= 4 is 22.4 Å². The molecular formula is C23H26N2O. The predicted molar refractivity (Wildman–Crippen MR) is 109 cm³/mol. The predicted octanol–water partition coefficient (Wildman–Crippen LogP) is 4.64. The number of amides is 1. The third-order valence-corrected chi connectivity index (χ3v) is 4.62. The molecule has 2 N–H and O–H groups in total. The van der Waals surface area contributed by atoms with Gasteiger partial charge in [0.25, 0.3) is 0 Å². The van der Waals surface area contributed by atoms with Gasteiger partial charge in [0.2, 0.25) is 5.91 Å². The highest BCUT2D eigenvalue weighted by atomic mass is 16.2. The Morgan fingerprint density at radius 2 is 1.54 bits per heavy atom. The van der Waals surface area contributed by atoms with E-state index in [-0.39, 0.29) is 5.91 Å². The van der Waals surface area contributed by atoms with Crippen molar-refractivity contribution in [3.05, 3.63) is 78.4 Å². The van der Waals surface area contributed by atoms with Crippen molar-refractivity contribution in [1.29, 1.82) is 0 Å². The van der Waals surface area contributed by atoms with Crippen molar-refractivity contribution in [2.45, 2.75) is 20.3 Å². The molecule has 134 valence electrons. The van der Waals surface area contributed by atoms with Crippen LogP contribution in [0.1, 0.15) is 19.4 Å². The summed E-state index contributed by atoms with van der Waals surface area (Å²) in [6.45, 7) is 5.28. The largest absolute Gasteiger partial charge is 0.383 e. The number of fused-ring (bicyclic) bond motifs is 1. The van der Waals surface area contributed by atoms with Gasteiger partial charge >= 0.3 is 0 Å². The Hall–Kier alpha value is -2.81. The summed E-state index contributed by atoms with van der Waals surface area (Å²) in [4.78, 5) is 12.6. The number of anilines is 1. The van der Waals surface area contributed by atoms with Crippen molar-refractivity contribution in [3.8, 4) is 0 Å². The molecule has 0 aliphatic carbocycles. The zero-order chi connectivity index (χ0) is 18.4. The van der Waals surface area contributed by atoms with Crippen molar-refractivity contribution in [2.24, 2.45) is 5.41 Å². The van der Waals surface area contributed by atoms with Crippen LogP contribution in [0.2, 0.25) is 0 Å². The molecule has 0 saturated carbocycles. The smallest absolute Gasteiger partial charge is 0.226 e. The maximum Gasteiger partial charge on any atom is 0.226 e. The molecule has 0 aliphatic rings. The zero-order valence-corrected chi connectivity index (χ0v) is 15.5. The Morgan fingerprint density at radius 1 is 0.846 bits per heavy atom. The zero-order valence-electron chi connectivity index (χ0n) is 15.5. The van der Waals surface area contributed by atoms with E-state index in [4.69, 9.17) is 0 Å². The molecule has 0 saturated heterocycles. The summed E-state index contributed by atoms with van der Waals surface area (Å²) in [6.07, 6.45) is 0.733. The van der Waals surface area contributed by atoms with E-state index in [1.165, 1.54) is 16.3 Å². The van der Waals surface area contributed by atoms with Gasteiger partial charge in [0.15, 0.2) is 0 Å². The maximum absolute atomic E-state index is 12.6. The van der Waals surface area contributed by atoms with Crippen LogP contribution in [-0.2, 0) is 11.2 Å². The second-order valence-electron chi connectivity index (χ2n) is 7.26. The fourth-order valence-corrected chi connectivity index (χ4v) is 3.18. The molecule has 0 aromatic heterocycles. The Kier molecular flexibility index (Phi) is 5.57. The van der Waals surface area contributed by atoms with E-state index in [0.29, 0.717) is 13.1 Å². The van der Waals surface area contributed by atoms with Gasteiger partial charge in [-0.2, -0.15) is 0 Å². The van der Waals surface area contributed by atoms with Crippen molar-refractivity contribution in [3.63, 3.8) is 0 Å². The van der Waals surface area contributed by atoms with Gasteiger partial charge in [-0.05, 0) is 23.4 Å². The van der Waals surface area contributed by atoms with Gasteiger partial charge in [0.05, 0.1) is 0 Å². The summed E-state index contributed by atoms with van der Waals surface area (Å²) in [5.74, 6) is 0.0843. The fraction of sp³-hybridized carbons (Fsp3) is 0.261. The molecule has 26 heavy (non-hydrogen) atoms. The lowest BCUT2D eigenvalue weighted by Gasteiger charge is -2.24. The Labute approximate surface area is 155 Å². The summed E-state index contributed by atoms with van der Waals surface area (Å²) in [7, 11) is 0. The van der Waals surface area contributed by atoms with Crippen molar-refractivity contribution in [1.82, 2.24) is 5.32 Å². The molecular weight excluding hydrogens is 320 g/mol. The molecule has 3 aromatic carbocycles. The minimum Gasteiger partial charge on any atom is -0.383 e. The molecule has 0 radical (unpaired) electrons. The number of carbonyl (C=O) groups excluding carboxylic acids is 1. The highest BCUT2D eigenvalue weighted by Crippen LogP contribution is 2.23. The van der Waals surface area contributed by atoms with E-state index >= 15 is 0 Å². The number of hydrogen-bond donors (Lipinski definition) is 2. The molecule has 0 bridgehead atoms. The van der Waals surface area contributed by atoms with Crippen molar-refractivity contribution < 1.29 is 4.79 Å². The van der Waals surface area contributed by atoms with Crippen LogP contribution in [0.15, 0.2) is 72.8 Å². The van der Waals surface area contributed by atoms with Crippen LogP contribution in [0.5, 0.6) is 0 Å². The van der Waals surface area contributed by atoms with E-state index in [2.05, 4.69) is 47.0 Å². The van der Waals surface area contributed by atoms with E-state index in [1.807, 2.05) is 50.2 Å². The lowest BCUT2D eigenvalue weighted by molar-refractivity contribution is -0.129. The molecule has 0 spiro atoms. The highest BCUT2D eigenvalue weighted by Gasteiger charge is 2.27. The highest BCUT2D eigenvalue weighted by molar-refractivity contribution is 5.93. The molecule has 3 aromatic rings. The van der Waals surface area contributed by atoms with Crippen LogP contribution >= 0.6 is 0 Å². The molecule has 0 aliphatic heterocycles. The van der Waals surface area contributed by atoms with Crippen LogP contribution in [0, 0.1) is 5.41 Å². The number of hydrogen-bond acceptors (Lipinski definition) is 2. The first-order chi connectivity index (χ1) is 12.6. The fourth-order valence-electron chi connectivity index (χ4n) is 3.18. The Balaban J connectivity index is 1.52. The second kappa shape index (κ2) is 8.05. The molecule has 3 rings (SSSR count). The average molecular weight is 346 g/mol. The third kappa shape index (κ3) is 4.42. The van der Waals surface area contributed by atoms with E-state index in [0.717, 1.165) is 12.1 Å². The van der Waals surface area contributed by atoms with E-state index < -0.39 is 5.41 Å². The van der Waals surface area contributed by atoms with Gasteiger partial charge in [-0.1, -0.05) is 80.6 Å². The first kappa shape index (κ1) is 18.0. The first-order valence-electron chi connectivity index (χ1n) is 9.10. The van der Waals surface area contributed by atoms with E-state index in [9.17, 15) is 4.79 Å². The van der Waals surface area contributed by atoms with Crippen LogP contribution in [0.3, 0.4) is 0 Å². The summed E-state index contributed by atoms with van der Waals surface area (Å²) < 4.78 is 0. The third-order valence-electron chi connectivity index (χ3n) is 4.62. The summed E-state index contributed by atoms with van der Waals surface area (Å²) in [5, 5.41) is 8.90. The molecule has 1 amide bonds. The standard InChI is InChI=1S/C23H26N2O/c1-23(2,17-18-9-4-3-5-10-18)22(26)25-16-15-24-21-14-8-12-19-11-6-7-13-20(19)21/h3-14,24H,15-17H2,1-2H3,(H,25,26). The van der Waals surface area contributed by atoms with Crippen LogP contribution in [0.25, 0.3) is 10.8 Å².